The van der Waals surface area contributed by atoms with E-state index >= 15 is 0 Å². The van der Waals surface area contributed by atoms with E-state index in [1.54, 1.807) is 6.08 Å². The van der Waals surface area contributed by atoms with Crippen molar-refractivity contribution in [2.75, 3.05) is 7.11 Å². The van der Waals surface area contributed by atoms with Crippen LogP contribution in [0.4, 0.5) is 0 Å². The highest BCUT2D eigenvalue weighted by atomic mass is 16.5. The molecule has 1 N–H and O–H groups in total. The van der Waals surface area contributed by atoms with Gasteiger partial charge in [-0.3, -0.25) is 0 Å². The van der Waals surface area contributed by atoms with Crippen LogP contribution in [0.2, 0.25) is 0 Å². The van der Waals surface area contributed by atoms with E-state index in [2.05, 4.69) is 10.1 Å². The van der Waals surface area contributed by atoms with Gasteiger partial charge in [0.25, 0.3) is 0 Å². The molecule has 4 nitrogen and oxygen atoms in total. The average molecular weight is 315 g/mol. The Balaban J connectivity index is 1.37. The molecule has 4 fully saturated rings. The molecule has 0 amide bonds. The third-order valence-corrected chi connectivity index (χ3v) is 5.94. The fourth-order valence-electron chi connectivity index (χ4n) is 5.40. The molecule has 0 saturated heterocycles. The quantitative estimate of drug-likeness (QED) is 0.667. The van der Waals surface area contributed by atoms with Crippen LogP contribution in [0.3, 0.4) is 0 Å². The Morgan fingerprint density at radius 3 is 2.52 bits per heavy atom. The number of hydrogen-bond acceptors (Lipinski definition) is 4. The number of hydrogen-bond donors (Lipinski definition) is 1. The van der Waals surface area contributed by atoms with Gasteiger partial charge in [0.15, 0.2) is 0 Å². The van der Waals surface area contributed by atoms with E-state index < -0.39 is 0 Å². The maximum atomic E-state index is 11.1. The van der Waals surface area contributed by atoms with Gasteiger partial charge in [-0.2, -0.15) is 0 Å². The first-order chi connectivity index (χ1) is 11.1. The number of rotatable bonds is 5. The summed E-state index contributed by atoms with van der Waals surface area (Å²) in [5.41, 5.74) is 0.351. The van der Waals surface area contributed by atoms with Crippen molar-refractivity contribution in [3.63, 3.8) is 0 Å². The third kappa shape index (κ3) is 3.09. The Morgan fingerprint density at radius 1 is 1.26 bits per heavy atom. The smallest absolute Gasteiger partial charge is 0.330 e. The molecule has 4 heteroatoms. The highest BCUT2D eigenvalue weighted by molar-refractivity contribution is 5.86. The van der Waals surface area contributed by atoms with Gasteiger partial charge in [0.05, 0.1) is 13.7 Å². The number of esters is 1. The summed E-state index contributed by atoms with van der Waals surface area (Å²) in [7, 11) is 1.37. The second kappa shape index (κ2) is 5.82. The van der Waals surface area contributed by atoms with Crippen molar-refractivity contribution in [3.05, 3.63) is 29.7 Å². The van der Waals surface area contributed by atoms with Gasteiger partial charge in [-0.25, -0.2) is 4.79 Å². The molecule has 1 heterocycles. The highest BCUT2D eigenvalue weighted by Crippen LogP contribution is 2.55. The molecule has 0 aliphatic heterocycles. The van der Waals surface area contributed by atoms with Crippen LogP contribution >= 0.6 is 0 Å². The third-order valence-electron chi connectivity index (χ3n) is 5.94. The van der Waals surface area contributed by atoms with Crippen LogP contribution in [0.25, 0.3) is 6.08 Å². The molecule has 0 atom stereocenters. The Labute approximate surface area is 137 Å². The molecule has 1 aromatic rings. The molecule has 4 saturated carbocycles. The van der Waals surface area contributed by atoms with Crippen LogP contribution in [0.15, 0.2) is 22.6 Å². The summed E-state index contributed by atoms with van der Waals surface area (Å²) in [6.07, 6.45) is 11.5. The Kier molecular flexibility index (Phi) is 3.80. The summed E-state index contributed by atoms with van der Waals surface area (Å²) >= 11 is 0. The zero-order valence-electron chi connectivity index (χ0n) is 13.7. The van der Waals surface area contributed by atoms with Gasteiger partial charge in [0, 0.05) is 11.6 Å². The molecule has 0 aromatic carbocycles. The van der Waals surface area contributed by atoms with Gasteiger partial charge >= 0.3 is 5.97 Å². The molecule has 4 aliphatic rings. The molecule has 4 bridgehead atoms. The molecule has 5 rings (SSSR count). The van der Waals surface area contributed by atoms with Crippen molar-refractivity contribution in [3.8, 4) is 0 Å². The number of methoxy groups -OCH3 is 1. The molecule has 1 aromatic heterocycles. The fraction of sp³-hybridized carbons (Fsp3) is 0.632. The fourth-order valence-corrected chi connectivity index (χ4v) is 5.40. The van der Waals surface area contributed by atoms with Crippen LogP contribution in [0, 0.1) is 17.8 Å². The van der Waals surface area contributed by atoms with Crippen LogP contribution in [-0.2, 0) is 16.1 Å². The topological polar surface area (TPSA) is 51.5 Å². The Morgan fingerprint density at radius 2 is 1.91 bits per heavy atom. The van der Waals surface area contributed by atoms with Crippen molar-refractivity contribution in [2.45, 2.75) is 50.6 Å². The largest absolute Gasteiger partial charge is 0.466 e. The lowest BCUT2D eigenvalue weighted by Crippen LogP contribution is -2.58. The number of carbonyl (C=O) groups is 1. The molecule has 0 radical (unpaired) electrons. The van der Waals surface area contributed by atoms with Crippen LogP contribution in [-0.4, -0.2) is 18.6 Å². The molecular formula is C19H25NO3. The summed E-state index contributed by atoms with van der Waals surface area (Å²) in [5, 5.41) is 3.82. The first-order valence-electron chi connectivity index (χ1n) is 8.74. The molecule has 4 aliphatic carbocycles. The van der Waals surface area contributed by atoms with Gasteiger partial charge in [0.2, 0.25) is 0 Å². The predicted molar refractivity (Wildman–Crippen MR) is 87.5 cm³/mol. The minimum atomic E-state index is -0.366. The van der Waals surface area contributed by atoms with Crippen molar-refractivity contribution >= 4 is 12.0 Å². The van der Waals surface area contributed by atoms with Crippen LogP contribution < -0.4 is 5.32 Å². The summed E-state index contributed by atoms with van der Waals surface area (Å²) in [4.78, 5) is 11.1. The van der Waals surface area contributed by atoms with E-state index in [9.17, 15) is 4.79 Å². The van der Waals surface area contributed by atoms with E-state index in [0.29, 0.717) is 11.3 Å². The first-order valence-corrected chi connectivity index (χ1v) is 8.74. The normalized spacial score (nSPS) is 35.1. The van der Waals surface area contributed by atoms with E-state index in [1.165, 1.54) is 51.7 Å². The van der Waals surface area contributed by atoms with E-state index in [4.69, 9.17) is 4.42 Å². The summed E-state index contributed by atoms with van der Waals surface area (Å²) in [6.45, 7) is 0.776. The SMILES string of the molecule is COC(=O)/C=C/c1ccc(CNC23CC4CC(CC(C4)C2)C3)o1. The van der Waals surface area contributed by atoms with Crippen molar-refractivity contribution < 1.29 is 13.9 Å². The number of nitrogens with one attached hydrogen (secondary N) is 1. The maximum Gasteiger partial charge on any atom is 0.330 e. The number of furan rings is 1. The van der Waals surface area contributed by atoms with E-state index in [0.717, 1.165) is 30.1 Å². The molecular weight excluding hydrogens is 290 g/mol. The second-order valence-electron chi connectivity index (χ2n) is 7.71. The number of carbonyl (C=O) groups excluding carboxylic acids is 1. The summed E-state index contributed by atoms with van der Waals surface area (Å²) in [6, 6.07) is 3.89. The van der Waals surface area contributed by atoms with Crippen LogP contribution in [0.5, 0.6) is 0 Å². The monoisotopic (exact) mass is 315 g/mol. The summed E-state index contributed by atoms with van der Waals surface area (Å²) in [5.74, 6) is 4.11. The van der Waals surface area contributed by atoms with Crippen molar-refractivity contribution in [2.24, 2.45) is 17.8 Å². The first kappa shape index (κ1) is 15.0. The van der Waals surface area contributed by atoms with E-state index in [1.807, 2.05) is 12.1 Å². The lowest BCUT2D eigenvalue weighted by atomic mass is 9.53. The predicted octanol–water partition coefficient (Wildman–Crippen LogP) is 3.52. The van der Waals surface area contributed by atoms with Gasteiger partial charge in [-0.1, -0.05) is 0 Å². The lowest BCUT2D eigenvalue weighted by molar-refractivity contribution is -0.134. The van der Waals surface area contributed by atoms with Gasteiger partial charge < -0.3 is 14.5 Å². The molecule has 0 spiro atoms. The lowest BCUT2D eigenvalue weighted by Gasteiger charge is -2.57. The van der Waals surface area contributed by atoms with Gasteiger partial charge in [-0.15, -0.1) is 0 Å². The van der Waals surface area contributed by atoms with Gasteiger partial charge in [0.1, 0.15) is 11.5 Å². The average Bonchev–Trinajstić information content (AvgIpc) is 2.97. The Hall–Kier alpha value is -1.55. The highest BCUT2D eigenvalue weighted by Gasteiger charge is 2.50. The molecule has 23 heavy (non-hydrogen) atoms. The minimum absolute atomic E-state index is 0.351. The van der Waals surface area contributed by atoms with E-state index in [-0.39, 0.29) is 5.97 Å². The van der Waals surface area contributed by atoms with Gasteiger partial charge in [-0.05, 0) is 74.5 Å². The number of ether oxygens (including phenoxy) is 1. The zero-order chi connectivity index (χ0) is 15.9. The standard InChI is InChI=1S/C19H25NO3/c1-22-18(21)5-4-16-2-3-17(23-16)12-20-19-9-13-6-14(10-19)8-15(7-13)11-19/h2-5,13-15,20H,6-12H2,1H3/b5-4+. The zero-order valence-corrected chi connectivity index (χ0v) is 13.7. The summed E-state index contributed by atoms with van der Waals surface area (Å²) < 4.78 is 10.4. The Bertz CT molecular complexity index is 581. The van der Waals surface area contributed by atoms with Crippen molar-refractivity contribution in [1.29, 1.82) is 0 Å². The van der Waals surface area contributed by atoms with Crippen LogP contribution in [0.1, 0.15) is 50.0 Å². The molecule has 124 valence electrons. The molecule has 0 unspecified atom stereocenters. The maximum absolute atomic E-state index is 11.1. The minimum Gasteiger partial charge on any atom is -0.466 e. The second-order valence-corrected chi connectivity index (χ2v) is 7.71. The van der Waals surface area contributed by atoms with Crippen molar-refractivity contribution in [1.82, 2.24) is 5.32 Å².